The lowest BCUT2D eigenvalue weighted by Crippen LogP contribution is -2.07. The molecule has 3 rings (SSSR count). The van der Waals surface area contributed by atoms with Crippen molar-refractivity contribution in [2.24, 2.45) is 0 Å². The number of hydrogen-bond donors (Lipinski definition) is 1. The van der Waals surface area contributed by atoms with Crippen molar-refractivity contribution in [1.82, 2.24) is 0 Å². The Bertz CT molecular complexity index is 1180. The highest BCUT2D eigenvalue weighted by Crippen LogP contribution is 2.30. The van der Waals surface area contributed by atoms with Gasteiger partial charge in [-0.2, -0.15) is 0 Å². The van der Waals surface area contributed by atoms with Crippen LogP contribution in [0.3, 0.4) is 0 Å². The van der Waals surface area contributed by atoms with Gasteiger partial charge in [-0.1, -0.05) is 80.9 Å². The van der Waals surface area contributed by atoms with Crippen molar-refractivity contribution in [3.8, 4) is 22.3 Å². The van der Waals surface area contributed by atoms with E-state index in [9.17, 15) is 9.90 Å². The Morgan fingerprint density at radius 3 is 2.22 bits per heavy atom. The molecule has 0 saturated heterocycles. The molecular weight excluding hydrogens is 463 g/mol. The standard InChI is InChI=1S/C33H39FO3/c1-4-5-6-9-25-12-14-27(15-13-25)29-18-19-31(32(34)23-29)30-17-16-26(10-7-20-35)28(22-30)11-8-21-37-33(36)24(2)3/h12-19,22-23,35H,2,4-11,20-21H2,1,3H3. The van der Waals surface area contributed by atoms with E-state index in [1.54, 1.807) is 13.0 Å². The number of unbranched alkanes of at least 4 members (excludes halogenated alkanes) is 2. The van der Waals surface area contributed by atoms with Gasteiger partial charge in [0.15, 0.2) is 0 Å². The zero-order valence-electron chi connectivity index (χ0n) is 22.2. The Balaban J connectivity index is 1.76. The Morgan fingerprint density at radius 2 is 1.54 bits per heavy atom. The van der Waals surface area contributed by atoms with Gasteiger partial charge in [0.05, 0.1) is 6.61 Å². The lowest BCUT2D eigenvalue weighted by Gasteiger charge is -2.14. The van der Waals surface area contributed by atoms with Crippen LogP contribution in [-0.2, 0) is 28.8 Å². The summed E-state index contributed by atoms with van der Waals surface area (Å²) in [5, 5.41) is 9.28. The molecular formula is C33H39FO3. The van der Waals surface area contributed by atoms with Crippen LogP contribution >= 0.6 is 0 Å². The summed E-state index contributed by atoms with van der Waals surface area (Å²) in [5.74, 6) is -0.642. The first-order chi connectivity index (χ1) is 17.9. The fraction of sp³-hybridized carbons (Fsp3) is 0.364. The molecule has 0 aliphatic rings. The van der Waals surface area contributed by atoms with Crippen LogP contribution in [0, 0.1) is 5.82 Å². The van der Waals surface area contributed by atoms with Gasteiger partial charge >= 0.3 is 5.97 Å². The number of benzene rings is 3. The van der Waals surface area contributed by atoms with E-state index in [1.165, 1.54) is 24.8 Å². The second-order valence-electron chi connectivity index (χ2n) is 9.68. The molecule has 0 radical (unpaired) electrons. The molecule has 0 aliphatic carbocycles. The molecule has 0 unspecified atom stereocenters. The average molecular weight is 503 g/mol. The Morgan fingerprint density at radius 1 is 0.838 bits per heavy atom. The molecule has 196 valence electrons. The third-order valence-corrected chi connectivity index (χ3v) is 6.62. The Kier molecular flexibility index (Phi) is 11.1. The van der Waals surface area contributed by atoms with E-state index in [2.05, 4.69) is 37.8 Å². The number of aliphatic hydroxyl groups is 1. The van der Waals surface area contributed by atoms with Gasteiger partial charge in [0.1, 0.15) is 5.82 Å². The number of aryl methyl sites for hydroxylation is 3. The minimum absolute atomic E-state index is 0.118. The molecule has 4 heteroatoms. The van der Waals surface area contributed by atoms with Crippen molar-refractivity contribution >= 4 is 5.97 Å². The van der Waals surface area contributed by atoms with Crippen LogP contribution in [0.15, 0.2) is 72.8 Å². The van der Waals surface area contributed by atoms with Crippen molar-refractivity contribution in [2.45, 2.75) is 65.2 Å². The fourth-order valence-corrected chi connectivity index (χ4v) is 4.46. The summed E-state index contributed by atoms with van der Waals surface area (Å²) in [6.07, 6.45) is 7.48. The highest BCUT2D eigenvalue weighted by atomic mass is 19.1. The molecule has 1 N–H and O–H groups in total. The van der Waals surface area contributed by atoms with Crippen molar-refractivity contribution in [3.63, 3.8) is 0 Å². The SMILES string of the molecule is C=C(C)C(=O)OCCCc1cc(-c2ccc(-c3ccc(CCCCC)cc3)cc2F)ccc1CCCO. The van der Waals surface area contributed by atoms with Crippen LogP contribution in [0.1, 0.15) is 62.6 Å². The summed E-state index contributed by atoms with van der Waals surface area (Å²) in [6, 6.07) is 19.8. The van der Waals surface area contributed by atoms with Crippen LogP contribution in [-0.4, -0.2) is 24.3 Å². The zero-order chi connectivity index (χ0) is 26.6. The van der Waals surface area contributed by atoms with Crippen LogP contribution in [0.4, 0.5) is 4.39 Å². The predicted octanol–water partition coefficient (Wildman–Crippen LogP) is 7.87. The van der Waals surface area contributed by atoms with Gasteiger partial charge in [-0.3, -0.25) is 0 Å². The number of halogens is 1. The number of esters is 1. The summed E-state index contributed by atoms with van der Waals surface area (Å²) >= 11 is 0. The normalized spacial score (nSPS) is 10.9. The molecule has 3 nitrogen and oxygen atoms in total. The summed E-state index contributed by atoms with van der Waals surface area (Å²) in [7, 11) is 0. The third-order valence-electron chi connectivity index (χ3n) is 6.62. The van der Waals surface area contributed by atoms with E-state index in [-0.39, 0.29) is 18.4 Å². The first-order valence-electron chi connectivity index (χ1n) is 13.4. The molecule has 0 aliphatic heterocycles. The summed E-state index contributed by atoms with van der Waals surface area (Å²) < 4.78 is 20.5. The topological polar surface area (TPSA) is 46.5 Å². The molecule has 0 bridgehead atoms. The number of aliphatic hydroxyl groups excluding tert-OH is 1. The smallest absolute Gasteiger partial charge is 0.333 e. The van der Waals surface area contributed by atoms with E-state index in [0.29, 0.717) is 37.0 Å². The number of hydrogen-bond acceptors (Lipinski definition) is 3. The molecule has 0 atom stereocenters. The first-order valence-corrected chi connectivity index (χ1v) is 13.4. The average Bonchev–Trinajstić information content (AvgIpc) is 2.90. The number of carbonyl (C=O) groups is 1. The summed E-state index contributed by atoms with van der Waals surface area (Å²) in [4.78, 5) is 11.6. The van der Waals surface area contributed by atoms with Gasteiger partial charge in [0.2, 0.25) is 0 Å². The van der Waals surface area contributed by atoms with E-state index in [4.69, 9.17) is 4.74 Å². The lowest BCUT2D eigenvalue weighted by molar-refractivity contribution is -0.139. The molecule has 3 aromatic carbocycles. The maximum atomic E-state index is 15.3. The first kappa shape index (κ1) is 28.3. The van der Waals surface area contributed by atoms with Crippen molar-refractivity contribution < 1.29 is 19.0 Å². The van der Waals surface area contributed by atoms with Gasteiger partial charge in [-0.15, -0.1) is 0 Å². The second kappa shape index (κ2) is 14.5. The molecule has 0 amide bonds. The maximum Gasteiger partial charge on any atom is 0.333 e. The molecule has 3 aromatic rings. The Labute approximate surface area is 221 Å². The van der Waals surface area contributed by atoms with E-state index in [1.807, 2.05) is 30.3 Å². The number of ether oxygens (including phenoxy) is 1. The van der Waals surface area contributed by atoms with E-state index >= 15 is 4.39 Å². The quantitative estimate of drug-likeness (QED) is 0.139. The van der Waals surface area contributed by atoms with Crippen LogP contribution < -0.4 is 0 Å². The Hall–Kier alpha value is -3.24. The zero-order valence-corrected chi connectivity index (χ0v) is 22.2. The van der Waals surface area contributed by atoms with Crippen molar-refractivity contribution in [3.05, 3.63) is 95.3 Å². The minimum Gasteiger partial charge on any atom is -0.462 e. The summed E-state index contributed by atoms with van der Waals surface area (Å²) in [5.41, 5.74) is 7.15. The highest BCUT2D eigenvalue weighted by Gasteiger charge is 2.12. The van der Waals surface area contributed by atoms with Gasteiger partial charge in [0, 0.05) is 17.7 Å². The third kappa shape index (κ3) is 8.40. The van der Waals surface area contributed by atoms with Crippen LogP contribution in [0.2, 0.25) is 0 Å². The van der Waals surface area contributed by atoms with Gasteiger partial charge in [-0.25, -0.2) is 9.18 Å². The maximum absolute atomic E-state index is 15.3. The van der Waals surface area contributed by atoms with Crippen molar-refractivity contribution in [1.29, 1.82) is 0 Å². The van der Waals surface area contributed by atoms with Crippen LogP contribution in [0.5, 0.6) is 0 Å². The van der Waals surface area contributed by atoms with Gasteiger partial charge < -0.3 is 9.84 Å². The molecule has 0 saturated carbocycles. The van der Waals surface area contributed by atoms with E-state index in [0.717, 1.165) is 40.7 Å². The van der Waals surface area contributed by atoms with Gasteiger partial charge in [0.25, 0.3) is 0 Å². The van der Waals surface area contributed by atoms with Gasteiger partial charge in [-0.05, 0) is 84.9 Å². The van der Waals surface area contributed by atoms with E-state index < -0.39 is 0 Å². The largest absolute Gasteiger partial charge is 0.462 e. The minimum atomic E-state index is -0.387. The highest BCUT2D eigenvalue weighted by molar-refractivity contribution is 5.86. The lowest BCUT2D eigenvalue weighted by atomic mass is 9.93. The predicted molar refractivity (Wildman–Crippen MR) is 150 cm³/mol. The van der Waals surface area contributed by atoms with Crippen molar-refractivity contribution in [2.75, 3.05) is 13.2 Å². The summed E-state index contributed by atoms with van der Waals surface area (Å²) in [6.45, 7) is 7.86. The molecule has 37 heavy (non-hydrogen) atoms. The monoisotopic (exact) mass is 502 g/mol. The molecule has 0 fully saturated rings. The number of carbonyl (C=O) groups excluding carboxylic acids is 1. The molecule has 0 aromatic heterocycles. The van der Waals surface area contributed by atoms with Crippen LogP contribution in [0.25, 0.3) is 22.3 Å². The fourth-order valence-electron chi connectivity index (χ4n) is 4.46. The molecule has 0 heterocycles. The molecule has 0 spiro atoms. The second-order valence-corrected chi connectivity index (χ2v) is 9.68. The number of rotatable bonds is 14.